The lowest BCUT2D eigenvalue weighted by atomic mass is 10.2. The second kappa shape index (κ2) is 6.55. The molecule has 0 radical (unpaired) electrons. The third-order valence-corrected chi connectivity index (χ3v) is 5.21. The van der Waals surface area contributed by atoms with Gasteiger partial charge in [-0.15, -0.1) is 0 Å². The van der Waals surface area contributed by atoms with Crippen LogP contribution in [-0.4, -0.2) is 55.9 Å². The molecule has 2 N–H and O–H groups in total. The number of piperazine rings is 1. The molecule has 0 aromatic carbocycles. The Bertz CT molecular complexity index is 875. The Hall–Kier alpha value is -2.70. The molecule has 0 atom stereocenters. The van der Waals surface area contributed by atoms with Crippen molar-refractivity contribution in [3.8, 4) is 0 Å². The average Bonchev–Trinajstić information content (AvgIpc) is 3.25. The molecule has 5 heterocycles. The van der Waals surface area contributed by atoms with E-state index in [1.165, 1.54) is 33.2 Å². The number of fused-ring (bicyclic) bond motifs is 2. The summed E-state index contributed by atoms with van der Waals surface area (Å²) in [5.41, 5.74) is 4.87. The van der Waals surface area contributed by atoms with Crippen molar-refractivity contribution in [3.63, 3.8) is 0 Å². The monoisotopic (exact) mass is 346 g/mol. The van der Waals surface area contributed by atoms with Crippen molar-refractivity contribution < 1.29 is 0 Å². The van der Waals surface area contributed by atoms with Gasteiger partial charge in [0.1, 0.15) is 0 Å². The van der Waals surface area contributed by atoms with E-state index < -0.39 is 0 Å². The lowest BCUT2D eigenvalue weighted by molar-refractivity contribution is 0.120. The average molecular weight is 346 g/mol. The predicted octanol–water partition coefficient (Wildman–Crippen LogP) is 2.76. The van der Waals surface area contributed by atoms with Crippen molar-refractivity contribution in [2.75, 3.05) is 26.2 Å². The van der Waals surface area contributed by atoms with Crippen molar-refractivity contribution >= 4 is 21.8 Å². The highest BCUT2D eigenvalue weighted by Gasteiger charge is 2.18. The van der Waals surface area contributed by atoms with Crippen molar-refractivity contribution in [1.29, 1.82) is 0 Å². The van der Waals surface area contributed by atoms with Crippen molar-refractivity contribution in [1.82, 2.24) is 29.7 Å². The molecule has 0 saturated carbocycles. The van der Waals surface area contributed by atoms with Crippen LogP contribution in [0.3, 0.4) is 0 Å². The Labute approximate surface area is 151 Å². The molecule has 1 saturated heterocycles. The molecule has 0 spiro atoms. The Kier molecular flexibility index (Phi) is 3.92. The van der Waals surface area contributed by atoms with Gasteiger partial charge in [0.15, 0.2) is 0 Å². The molecule has 1 aliphatic heterocycles. The predicted molar refractivity (Wildman–Crippen MR) is 103 cm³/mol. The number of aromatic nitrogens is 4. The van der Waals surface area contributed by atoms with E-state index >= 15 is 0 Å². The highest BCUT2D eigenvalue weighted by molar-refractivity contribution is 5.79. The van der Waals surface area contributed by atoms with Crippen LogP contribution in [0.15, 0.2) is 49.1 Å². The van der Waals surface area contributed by atoms with Gasteiger partial charge in [0.2, 0.25) is 0 Å². The van der Waals surface area contributed by atoms with Crippen LogP contribution in [0.25, 0.3) is 21.8 Å². The molecule has 4 aromatic rings. The fraction of sp³-hybridized carbons (Fsp3) is 0.300. The fourth-order valence-corrected chi connectivity index (χ4v) is 3.82. The van der Waals surface area contributed by atoms with Crippen LogP contribution in [0.5, 0.6) is 0 Å². The molecule has 0 unspecified atom stereocenters. The van der Waals surface area contributed by atoms with Gasteiger partial charge in [-0.05, 0) is 24.3 Å². The zero-order valence-corrected chi connectivity index (χ0v) is 14.7. The smallest absolute Gasteiger partial charge is 0.0487 e. The summed E-state index contributed by atoms with van der Waals surface area (Å²) >= 11 is 0. The van der Waals surface area contributed by atoms with E-state index in [1.807, 2.05) is 36.9 Å². The van der Waals surface area contributed by atoms with Crippen molar-refractivity contribution in [3.05, 3.63) is 60.4 Å². The Balaban J connectivity index is 1.19. The van der Waals surface area contributed by atoms with Crippen LogP contribution in [0.1, 0.15) is 11.4 Å². The number of nitrogens with one attached hydrogen (secondary N) is 2. The first-order chi connectivity index (χ1) is 12.8. The molecule has 132 valence electrons. The van der Waals surface area contributed by atoms with Crippen LogP contribution in [0, 0.1) is 0 Å². The highest BCUT2D eigenvalue weighted by Crippen LogP contribution is 2.18. The summed E-state index contributed by atoms with van der Waals surface area (Å²) in [5, 5.41) is 2.38. The molecule has 0 bridgehead atoms. The molecular weight excluding hydrogens is 324 g/mol. The van der Waals surface area contributed by atoms with Crippen molar-refractivity contribution in [2.45, 2.75) is 13.1 Å². The quantitative estimate of drug-likeness (QED) is 0.596. The summed E-state index contributed by atoms with van der Waals surface area (Å²) in [6.45, 7) is 6.32. The Morgan fingerprint density at radius 3 is 1.62 bits per heavy atom. The van der Waals surface area contributed by atoms with Gasteiger partial charge in [-0.1, -0.05) is 0 Å². The topological polar surface area (TPSA) is 63.8 Å². The van der Waals surface area contributed by atoms with Gasteiger partial charge < -0.3 is 9.97 Å². The summed E-state index contributed by atoms with van der Waals surface area (Å²) in [6, 6.07) is 8.50. The summed E-state index contributed by atoms with van der Waals surface area (Å²) in [4.78, 5) is 20.4. The van der Waals surface area contributed by atoms with E-state index in [4.69, 9.17) is 0 Å². The minimum absolute atomic E-state index is 0.973. The van der Waals surface area contributed by atoms with Crippen LogP contribution >= 0.6 is 0 Å². The van der Waals surface area contributed by atoms with Gasteiger partial charge in [-0.3, -0.25) is 19.8 Å². The molecule has 0 aliphatic carbocycles. The number of rotatable bonds is 4. The van der Waals surface area contributed by atoms with E-state index in [2.05, 4.69) is 41.9 Å². The maximum Gasteiger partial charge on any atom is 0.0487 e. The molecule has 0 amide bonds. The van der Waals surface area contributed by atoms with E-state index in [9.17, 15) is 0 Å². The van der Waals surface area contributed by atoms with Gasteiger partial charge in [-0.25, -0.2) is 0 Å². The summed E-state index contributed by atoms with van der Waals surface area (Å²) < 4.78 is 0. The van der Waals surface area contributed by atoms with Crippen LogP contribution in [0.4, 0.5) is 0 Å². The summed E-state index contributed by atoms with van der Waals surface area (Å²) in [5.74, 6) is 0. The van der Waals surface area contributed by atoms with E-state index in [-0.39, 0.29) is 0 Å². The molecule has 1 fully saturated rings. The van der Waals surface area contributed by atoms with Crippen LogP contribution < -0.4 is 0 Å². The van der Waals surface area contributed by atoms with Gasteiger partial charge in [-0.2, -0.15) is 0 Å². The second-order valence-corrected chi connectivity index (χ2v) is 7.07. The fourth-order valence-electron chi connectivity index (χ4n) is 3.82. The van der Waals surface area contributed by atoms with Gasteiger partial charge in [0.05, 0.1) is 0 Å². The third-order valence-electron chi connectivity index (χ3n) is 5.21. The molecular formula is C20H22N6. The zero-order chi connectivity index (χ0) is 17.3. The number of nitrogens with zero attached hydrogens (tertiary/aromatic N) is 4. The van der Waals surface area contributed by atoms with Gasteiger partial charge in [0, 0.05) is 97.2 Å². The van der Waals surface area contributed by atoms with Crippen molar-refractivity contribution in [2.24, 2.45) is 0 Å². The molecule has 6 nitrogen and oxygen atoms in total. The largest absolute Gasteiger partial charge is 0.357 e. The minimum Gasteiger partial charge on any atom is -0.357 e. The number of pyridine rings is 2. The molecule has 4 aromatic heterocycles. The first-order valence-corrected chi connectivity index (χ1v) is 9.11. The van der Waals surface area contributed by atoms with E-state index in [0.29, 0.717) is 0 Å². The number of hydrogen-bond donors (Lipinski definition) is 2. The number of aromatic amines is 2. The molecule has 1 aliphatic rings. The molecule has 6 heteroatoms. The summed E-state index contributed by atoms with van der Waals surface area (Å²) in [6.07, 6.45) is 7.51. The van der Waals surface area contributed by atoms with Crippen LogP contribution in [0.2, 0.25) is 0 Å². The zero-order valence-electron chi connectivity index (χ0n) is 14.7. The summed E-state index contributed by atoms with van der Waals surface area (Å²) in [7, 11) is 0. The third kappa shape index (κ3) is 3.09. The first kappa shape index (κ1) is 15.5. The van der Waals surface area contributed by atoms with Crippen LogP contribution in [-0.2, 0) is 13.1 Å². The second-order valence-electron chi connectivity index (χ2n) is 7.07. The normalized spacial score (nSPS) is 16.6. The van der Waals surface area contributed by atoms with E-state index in [0.717, 1.165) is 39.3 Å². The maximum absolute atomic E-state index is 4.19. The lowest BCUT2D eigenvalue weighted by Crippen LogP contribution is -2.45. The van der Waals surface area contributed by atoms with Gasteiger partial charge in [0.25, 0.3) is 0 Å². The first-order valence-electron chi connectivity index (χ1n) is 9.11. The molecule has 5 rings (SSSR count). The van der Waals surface area contributed by atoms with Gasteiger partial charge >= 0.3 is 0 Å². The highest BCUT2D eigenvalue weighted by atomic mass is 15.3. The Morgan fingerprint density at radius 1 is 0.731 bits per heavy atom. The van der Waals surface area contributed by atoms with E-state index in [1.54, 1.807) is 0 Å². The lowest BCUT2D eigenvalue weighted by Gasteiger charge is -2.34. The SMILES string of the molecule is c1cc2[nH]c(CN3CCN(Cc4cc5cnccc5[nH]4)CC3)cc2cn1. The standard InChI is InChI=1S/C20H22N6/c1-3-21-11-15-9-17(23-19(1)15)13-25-5-7-26(8-6-25)14-18-10-16-12-22-4-2-20(16)24-18/h1-4,9-12,23-24H,5-8,13-14H2. The number of hydrogen-bond acceptors (Lipinski definition) is 4. The Morgan fingerprint density at radius 2 is 1.19 bits per heavy atom. The minimum atomic E-state index is 0.973. The number of H-pyrrole nitrogens is 2. The molecule has 26 heavy (non-hydrogen) atoms. The maximum atomic E-state index is 4.19.